The Kier molecular flexibility index (Phi) is 6.20. The number of amides is 1. The highest BCUT2D eigenvalue weighted by atomic mass is 16.5. The molecular formula is C19H27NO3. The summed E-state index contributed by atoms with van der Waals surface area (Å²) >= 11 is 0. The number of carbonyl (C=O) groups excluding carboxylic acids is 2. The van der Waals surface area contributed by atoms with E-state index in [1.54, 1.807) is 11.0 Å². The highest BCUT2D eigenvalue weighted by Gasteiger charge is 2.35. The van der Waals surface area contributed by atoms with Crippen molar-refractivity contribution in [2.24, 2.45) is 5.92 Å². The summed E-state index contributed by atoms with van der Waals surface area (Å²) in [6.45, 7) is 7.34. The lowest BCUT2D eigenvalue weighted by molar-refractivity contribution is -0.148. The summed E-state index contributed by atoms with van der Waals surface area (Å²) in [6.07, 6.45) is 3.47. The second-order valence-corrected chi connectivity index (χ2v) is 6.73. The Morgan fingerprint density at radius 2 is 2.13 bits per heavy atom. The molecule has 4 heteroatoms. The first-order chi connectivity index (χ1) is 11.0. The highest BCUT2D eigenvalue weighted by Crippen LogP contribution is 2.22. The topological polar surface area (TPSA) is 46.6 Å². The van der Waals surface area contributed by atoms with Gasteiger partial charge in [-0.1, -0.05) is 31.5 Å². The first-order valence-electron chi connectivity index (χ1n) is 8.53. The average molecular weight is 317 g/mol. The molecule has 23 heavy (non-hydrogen) atoms. The summed E-state index contributed by atoms with van der Waals surface area (Å²) in [6, 6.07) is 7.07. The van der Waals surface area contributed by atoms with Gasteiger partial charge in [0.15, 0.2) is 0 Å². The molecule has 1 atom stereocenters. The third-order valence-electron chi connectivity index (χ3n) is 4.22. The Balaban J connectivity index is 1.94. The van der Waals surface area contributed by atoms with Gasteiger partial charge in [-0.25, -0.2) is 4.79 Å². The molecule has 1 saturated heterocycles. The van der Waals surface area contributed by atoms with Crippen molar-refractivity contribution in [3.63, 3.8) is 0 Å². The lowest BCUT2D eigenvalue weighted by atomic mass is 10.1. The molecule has 1 heterocycles. The minimum absolute atomic E-state index is 0.0738. The Hall–Kier alpha value is -1.84. The highest BCUT2D eigenvalue weighted by molar-refractivity contribution is 5.97. The van der Waals surface area contributed by atoms with E-state index in [1.807, 2.05) is 25.1 Å². The standard InChI is InChI=1S/C19H27NO3/c1-14(2)7-6-12-23-19(22)17-10-5-11-20(17)18(21)16-9-4-8-15(3)13-16/h4,8-9,13-14,17H,5-7,10-12H2,1-3H3. The lowest BCUT2D eigenvalue weighted by Crippen LogP contribution is -2.41. The van der Waals surface area contributed by atoms with Gasteiger partial charge in [0.2, 0.25) is 0 Å². The van der Waals surface area contributed by atoms with Crippen molar-refractivity contribution >= 4 is 11.9 Å². The van der Waals surface area contributed by atoms with E-state index in [9.17, 15) is 9.59 Å². The fourth-order valence-electron chi connectivity index (χ4n) is 2.96. The Bertz CT molecular complexity index is 553. The van der Waals surface area contributed by atoms with Crippen LogP contribution in [0.2, 0.25) is 0 Å². The third kappa shape index (κ3) is 4.81. The van der Waals surface area contributed by atoms with Crippen LogP contribution in [0.1, 0.15) is 55.5 Å². The van der Waals surface area contributed by atoms with Crippen molar-refractivity contribution in [3.05, 3.63) is 35.4 Å². The van der Waals surface area contributed by atoms with E-state index in [1.165, 1.54) is 0 Å². The van der Waals surface area contributed by atoms with Crippen LogP contribution in [0.15, 0.2) is 24.3 Å². The first kappa shape index (κ1) is 17.5. The smallest absolute Gasteiger partial charge is 0.328 e. The molecule has 1 aliphatic rings. The molecule has 126 valence electrons. The van der Waals surface area contributed by atoms with Crippen LogP contribution in [0.25, 0.3) is 0 Å². The van der Waals surface area contributed by atoms with Crippen molar-refractivity contribution in [1.29, 1.82) is 0 Å². The van der Waals surface area contributed by atoms with Gasteiger partial charge in [0, 0.05) is 12.1 Å². The minimum atomic E-state index is -0.429. The van der Waals surface area contributed by atoms with Crippen LogP contribution in [-0.4, -0.2) is 36.0 Å². The molecule has 0 aliphatic carbocycles. The number of likely N-dealkylation sites (tertiary alicyclic amines) is 1. The maximum absolute atomic E-state index is 12.7. The van der Waals surface area contributed by atoms with Gasteiger partial charge < -0.3 is 9.64 Å². The summed E-state index contributed by atoms with van der Waals surface area (Å²) in [5.74, 6) is 0.280. The zero-order valence-electron chi connectivity index (χ0n) is 14.4. The van der Waals surface area contributed by atoms with Crippen LogP contribution in [0.5, 0.6) is 0 Å². The number of nitrogens with zero attached hydrogens (tertiary/aromatic N) is 1. The molecule has 0 aromatic heterocycles. The fourth-order valence-corrected chi connectivity index (χ4v) is 2.96. The van der Waals surface area contributed by atoms with E-state index in [4.69, 9.17) is 4.74 Å². The quantitative estimate of drug-likeness (QED) is 0.595. The number of hydrogen-bond donors (Lipinski definition) is 0. The second-order valence-electron chi connectivity index (χ2n) is 6.73. The van der Waals surface area contributed by atoms with Gasteiger partial charge in [-0.15, -0.1) is 0 Å². The van der Waals surface area contributed by atoms with Crippen LogP contribution in [-0.2, 0) is 9.53 Å². The summed E-state index contributed by atoms with van der Waals surface area (Å²) in [5.41, 5.74) is 1.69. The summed E-state index contributed by atoms with van der Waals surface area (Å²) < 4.78 is 5.38. The van der Waals surface area contributed by atoms with Gasteiger partial charge in [-0.3, -0.25) is 4.79 Å². The molecule has 1 aromatic carbocycles. The summed E-state index contributed by atoms with van der Waals surface area (Å²) in [7, 11) is 0. The molecule has 4 nitrogen and oxygen atoms in total. The summed E-state index contributed by atoms with van der Waals surface area (Å²) in [5, 5.41) is 0. The Morgan fingerprint density at radius 3 is 2.83 bits per heavy atom. The molecule has 1 fully saturated rings. The van der Waals surface area contributed by atoms with E-state index < -0.39 is 6.04 Å². The van der Waals surface area contributed by atoms with E-state index in [2.05, 4.69) is 13.8 Å². The summed E-state index contributed by atoms with van der Waals surface area (Å²) in [4.78, 5) is 26.6. The maximum atomic E-state index is 12.7. The molecule has 0 radical (unpaired) electrons. The third-order valence-corrected chi connectivity index (χ3v) is 4.22. The normalized spacial score (nSPS) is 17.6. The molecule has 1 unspecified atom stereocenters. The van der Waals surface area contributed by atoms with Crippen LogP contribution in [0, 0.1) is 12.8 Å². The van der Waals surface area contributed by atoms with Crippen molar-refractivity contribution < 1.29 is 14.3 Å². The van der Waals surface area contributed by atoms with Crippen molar-refractivity contribution in [2.45, 2.75) is 52.5 Å². The minimum Gasteiger partial charge on any atom is -0.464 e. The number of rotatable bonds is 6. The van der Waals surface area contributed by atoms with Crippen molar-refractivity contribution in [2.75, 3.05) is 13.2 Å². The molecule has 0 spiro atoms. The molecule has 0 bridgehead atoms. The Morgan fingerprint density at radius 1 is 1.35 bits per heavy atom. The van der Waals surface area contributed by atoms with E-state index >= 15 is 0 Å². The maximum Gasteiger partial charge on any atom is 0.328 e. The number of aryl methyl sites for hydroxylation is 1. The van der Waals surface area contributed by atoms with Gasteiger partial charge in [-0.05, 0) is 50.7 Å². The number of esters is 1. The molecule has 1 amide bonds. The van der Waals surface area contributed by atoms with Crippen molar-refractivity contribution in [3.8, 4) is 0 Å². The van der Waals surface area contributed by atoms with Gasteiger partial charge >= 0.3 is 5.97 Å². The zero-order chi connectivity index (χ0) is 16.8. The number of ether oxygens (including phenoxy) is 1. The van der Waals surface area contributed by atoms with Gasteiger partial charge in [-0.2, -0.15) is 0 Å². The van der Waals surface area contributed by atoms with Crippen LogP contribution >= 0.6 is 0 Å². The SMILES string of the molecule is Cc1cccc(C(=O)N2CCCC2C(=O)OCCCC(C)C)c1. The monoisotopic (exact) mass is 317 g/mol. The zero-order valence-corrected chi connectivity index (χ0v) is 14.4. The molecule has 1 aliphatic heterocycles. The van der Waals surface area contributed by atoms with Gasteiger partial charge in [0.25, 0.3) is 5.91 Å². The van der Waals surface area contributed by atoms with Crippen molar-refractivity contribution in [1.82, 2.24) is 4.90 Å². The van der Waals surface area contributed by atoms with E-state index in [0.29, 0.717) is 31.1 Å². The fraction of sp³-hybridized carbons (Fsp3) is 0.579. The number of carbonyl (C=O) groups is 2. The Labute approximate surface area is 138 Å². The molecule has 1 aromatic rings. The van der Waals surface area contributed by atoms with Crippen LogP contribution in [0.4, 0.5) is 0 Å². The van der Waals surface area contributed by atoms with Crippen LogP contribution < -0.4 is 0 Å². The molecule has 2 rings (SSSR count). The van der Waals surface area contributed by atoms with E-state index in [0.717, 1.165) is 24.8 Å². The molecule has 0 N–H and O–H groups in total. The second kappa shape index (κ2) is 8.14. The van der Waals surface area contributed by atoms with Crippen LogP contribution in [0.3, 0.4) is 0 Å². The number of benzene rings is 1. The van der Waals surface area contributed by atoms with E-state index in [-0.39, 0.29) is 11.9 Å². The van der Waals surface area contributed by atoms with Gasteiger partial charge in [0.05, 0.1) is 6.61 Å². The largest absolute Gasteiger partial charge is 0.464 e. The first-order valence-corrected chi connectivity index (χ1v) is 8.53. The van der Waals surface area contributed by atoms with Gasteiger partial charge in [0.1, 0.15) is 6.04 Å². The average Bonchev–Trinajstić information content (AvgIpc) is 3.00. The molecular weight excluding hydrogens is 290 g/mol. The predicted octanol–water partition coefficient (Wildman–Crippen LogP) is 3.58. The lowest BCUT2D eigenvalue weighted by Gasteiger charge is -2.23. The molecule has 0 saturated carbocycles. The predicted molar refractivity (Wildman–Crippen MR) is 90.3 cm³/mol. The number of hydrogen-bond acceptors (Lipinski definition) is 3.